The standard InChI is InChI=1S/C12H25NO/c1-10(2)11(3,14)12(9-13)7-5-4-6-8-12/h10,14H,4-9,13H2,1-3H3. The number of hydrogen-bond donors (Lipinski definition) is 2. The van der Waals surface area contributed by atoms with Gasteiger partial charge in [0.2, 0.25) is 0 Å². The molecule has 0 bridgehead atoms. The van der Waals surface area contributed by atoms with Gasteiger partial charge in [-0.3, -0.25) is 0 Å². The largest absolute Gasteiger partial charge is 0.389 e. The Labute approximate surface area is 87.9 Å². The van der Waals surface area contributed by atoms with Gasteiger partial charge in [0.05, 0.1) is 5.60 Å². The minimum Gasteiger partial charge on any atom is -0.389 e. The van der Waals surface area contributed by atoms with Gasteiger partial charge in [-0.05, 0) is 25.7 Å². The predicted molar refractivity (Wildman–Crippen MR) is 60.0 cm³/mol. The lowest BCUT2D eigenvalue weighted by atomic mass is 9.60. The number of nitrogens with two attached hydrogens (primary N) is 1. The SMILES string of the molecule is CC(C)C(C)(O)C1(CN)CCCCC1. The summed E-state index contributed by atoms with van der Waals surface area (Å²) in [7, 11) is 0. The van der Waals surface area contributed by atoms with E-state index >= 15 is 0 Å². The van der Waals surface area contributed by atoms with Gasteiger partial charge in [0.1, 0.15) is 0 Å². The minimum absolute atomic E-state index is 0.0284. The lowest BCUT2D eigenvalue weighted by Gasteiger charge is -2.49. The molecule has 0 aliphatic heterocycles. The van der Waals surface area contributed by atoms with Crippen LogP contribution in [0, 0.1) is 11.3 Å². The Morgan fingerprint density at radius 2 is 1.79 bits per heavy atom. The van der Waals surface area contributed by atoms with Crippen LogP contribution in [-0.2, 0) is 0 Å². The maximum atomic E-state index is 10.6. The Bertz CT molecular complexity index is 181. The normalized spacial score (nSPS) is 26.1. The second-order valence-corrected chi connectivity index (χ2v) is 5.35. The van der Waals surface area contributed by atoms with E-state index in [0.717, 1.165) is 12.8 Å². The number of aliphatic hydroxyl groups is 1. The molecule has 1 aliphatic rings. The lowest BCUT2D eigenvalue weighted by Crippen LogP contribution is -2.54. The van der Waals surface area contributed by atoms with E-state index < -0.39 is 5.60 Å². The average molecular weight is 199 g/mol. The van der Waals surface area contributed by atoms with Crippen LogP contribution in [0.2, 0.25) is 0 Å². The quantitative estimate of drug-likeness (QED) is 0.732. The second-order valence-electron chi connectivity index (χ2n) is 5.35. The Kier molecular flexibility index (Phi) is 3.59. The molecule has 1 rings (SSSR count). The highest BCUT2D eigenvalue weighted by atomic mass is 16.3. The molecular formula is C12H25NO. The van der Waals surface area contributed by atoms with Crippen LogP contribution in [0.3, 0.4) is 0 Å². The summed E-state index contributed by atoms with van der Waals surface area (Å²) in [5.74, 6) is 0.282. The Hall–Kier alpha value is -0.0800. The zero-order chi connectivity index (χ0) is 10.8. The third kappa shape index (κ3) is 1.82. The molecule has 0 aromatic rings. The average Bonchev–Trinajstić information content (AvgIpc) is 2.18. The first-order chi connectivity index (χ1) is 6.46. The minimum atomic E-state index is -0.609. The molecule has 2 nitrogen and oxygen atoms in total. The summed E-state index contributed by atoms with van der Waals surface area (Å²) in [6.07, 6.45) is 5.93. The molecular weight excluding hydrogens is 174 g/mol. The summed E-state index contributed by atoms with van der Waals surface area (Å²) in [6.45, 7) is 6.77. The maximum absolute atomic E-state index is 10.6. The fraction of sp³-hybridized carbons (Fsp3) is 1.00. The molecule has 0 spiro atoms. The van der Waals surface area contributed by atoms with Gasteiger partial charge in [-0.2, -0.15) is 0 Å². The van der Waals surface area contributed by atoms with E-state index in [1.54, 1.807) is 0 Å². The molecule has 3 N–H and O–H groups in total. The Morgan fingerprint density at radius 1 is 1.29 bits per heavy atom. The van der Waals surface area contributed by atoms with Crippen molar-refractivity contribution in [2.24, 2.45) is 17.1 Å². The van der Waals surface area contributed by atoms with Crippen molar-refractivity contribution < 1.29 is 5.11 Å². The summed E-state index contributed by atoms with van der Waals surface area (Å²) >= 11 is 0. The van der Waals surface area contributed by atoms with Crippen LogP contribution in [-0.4, -0.2) is 17.3 Å². The van der Waals surface area contributed by atoms with Gasteiger partial charge in [-0.25, -0.2) is 0 Å². The summed E-state index contributed by atoms with van der Waals surface area (Å²) in [4.78, 5) is 0. The Balaban J connectivity index is 2.86. The van der Waals surface area contributed by atoms with E-state index in [4.69, 9.17) is 5.73 Å². The molecule has 1 aliphatic carbocycles. The molecule has 1 fully saturated rings. The highest BCUT2D eigenvalue weighted by Gasteiger charge is 2.47. The van der Waals surface area contributed by atoms with Gasteiger partial charge >= 0.3 is 0 Å². The van der Waals surface area contributed by atoms with Crippen molar-refractivity contribution in [3.05, 3.63) is 0 Å². The van der Waals surface area contributed by atoms with Gasteiger partial charge in [0.25, 0.3) is 0 Å². The third-order valence-electron chi connectivity index (χ3n) is 4.40. The topological polar surface area (TPSA) is 46.2 Å². The summed E-state index contributed by atoms with van der Waals surface area (Å²) < 4.78 is 0. The fourth-order valence-electron chi connectivity index (χ4n) is 2.76. The van der Waals surface area contributed by atoms with Crippen molar-refractivity contribution in [2.45, 2.75) is 58.5 Å². The second kappa shape index (κ2) is 4.19. The van der Waals surface area contributed by atoms with Crippen molar-refractivity contribution in [1.29, 1.82) is 0 Å². The predicted octanol–water partition coefficient (Wildman–Crippen LogP) is 2.30. The monoisotopic (exact) mass is 199 g/mol. The van der Waals surface area contributed by atoms with Gasteiger partial charge in [-0.1, -0.05) is 33.1 Å². The van der Waals surface area contributed by atoms with Crippen LogP contribution in [0.1, 0.15) is 52.9 Å². The highest BCUT2D eigenvalue weighted by molar-refractivity contribution is 4.99. The van der Waals surface area contributed by atoms with E-state index in [1.807, 2.05) is 6.92 Å². The van der Waals surface area contributed by atoms with Gasteiger partial charge < -0.3 is 10.8 Å². The number of rotatable bonds is 3. The molecule has 14 heavy (non-hydrogen) atoms. The molecule has 0 heterocycles. The molecule has 1 saturated carbocycles. The van der Waals surface area contributed by atoms with Crippen LogP contribution in [0.25, 0.3) is 0 Å². The molecule has 0 aromatic carbocycles. The molecule has 0 aromatic heterocycles. The van der Waals surface area contributed by atoms with E-state index in [2.05, 4.69) is 13.8 Å². The van der Waals surface area contributed by atoms with E-state index in [9.17, 15) is 5.11 Å². The third-order valence-corrected chi connectivity index (χ3v) is 4.40. The molecule has 2 heteroatoms. The van der Waals surface area contributed by atoms with Crippen LogP contribution in [0.15, 0.2) is 0 Å². The first kappa shape index (κ1) is 12.0. The molecule has 1 unspecified atom stereocenters. The summed E-state index contributed by atoms with van der Waals surface area (Å²) in [5, 5.41) is 10.6. The molecule has 0 radical (unpaired) electrons. The van der Waals surface area contributed by atoms with Crippen molar-refractivity contribution in [1.82, 2.24) is 0 Å². The van der Waals surface area contributed by atoms with Crippen molar-refractivity contribution in [3.8, 4) is 0 Å². The molecule has 1 atom stereocenters. The van der Waals surface area contributed by atoms with Gasteiger partial charge in [-0.15, -0.1) is 0 Å². The van der Waals surface area contributed by atoms with E-state index in [-0.39, 0.29) is 11.3 Å². The van der Waals surface area contributed by atoms with Gasteiger partial charge in [0, 0.05) is 12.0 Å². The van der Waals surface area contributed by atoms with Crippen molar-refractivity contribution >= 4 is 0 Å². The van der Waals surface area contributed by atoms with Crippen LogP contribution >= 0.6 is 0 Å². The van der Waals surface area contributed by atoms with Crippen LogP contribution in [0.5, 0.6) is 0 Å². The van der Waals surface area contributed by atoms with E-state index in [1.165, 1.54) is 19.3 Å². The summed E-state index contributed by atoms with van der Waals surface area (Å²) in [5.41, 5.74) is 5.26. The van der Waals surface area contributed by atoms with Crippen molar-refractivity contribution in [2.75, 3.05) is 6.54 Å². The Morgan fingerprint density at radius 3 is 2.14 bits per heavy atom. The van der Waals surface area contributed by atoms with Crippen LogP contribution < -0.4 is 5.73 Å². The fourth-order valence-corrected chi connectivity index (χ4v) is 2.76. The lowest BCUT2D eigenvalue weighted by molar-refractivity contribution is -0.116. The molecule has 0 amide bonds. The first-order valence-corrected chi connectivity index (χ1v) is 5.89. The zero-order valence-electron chi connectivity index (χ0n) is 9.84. The summed E-state index contributed by atoms with van der Waals surface area (Å²) in [6, 6.07) is 0. The zero-order valence-corrected chi connectivity index (χ0v) is 9.84. The smallest absolute Gasteiger partial charge is 0.0710 e. The molecule has 84 valence electrons. The number of hydrogen-bond acceptors (Lipinski definition) is 2. The first-order valence-electron chi connectivity index (χ1n) is 5.89. The van der Waals surface area contributed by atoms with E-state index in [0.29, 0.717) is 6.54 Å². The molecule has 0 saturated heterocycles. The van der Waals surface area contributed by atoms with Crippen LogP contribution in [0.4, 0.5) is 0 Å². The maximum Gasteiger partial charge on any atom is 0.0710 e. The van der Waals surface area contributed by atoms with Crippen molar-refractivity contribution in [3.63, 3.8) is 0 Å². The van der Waals surface area contributed by atoms with Gasteiger partial charge in [0.15, 0.2) is 0 Å². The highest BCUT2D eigenvalue weighted by Crippen LogP contribution is 2.47.